The van der Waals surface area contributed by atoms with Gasteiger partial charge in [-0.05, 0) is 59.3 Å². The number of aromatic hydroxyl groups is 1. The number of fused-ring (bicyclic) bond motifs is 1. The van der Waals surface area contributed by atoms with E-state index in [9.17, 15) is 5.11 Å². The second-order valence-corrected chi connectivity index (χ2v) is 8.51. The molecule has 0 aliphatic rings. The first-order valence-corrected chi connectivity index (χ1v) is 9.68. The van der Waals surface area contributed by atoms with Gasteiger partial charge >= 0.3 is 0 Å². The van der Waals surface area contributed by atoms with Crippen LogP contribution in [0.3, 0.4) is 0 Å². The predicted octanol–water partition coefficient (Wildman–Crippen LogP) is 6.06. The Balaban J connectivity index is 2.02. The summed E-state index contributed by atoms with van der Waals surface area (Å²) in [6, 6.07) is 18.2. The Morgan fingerprint density at radius 1 is 1.04 bits per heavy atom. The summed E-state index contributed by atoms with van der Waals surface area (Å²) in [7, 11) is 0. The van der Waals surface area contributed by atoms with Gasteiger partial charge in [-0.1, -0.05) is 57.2 Å². The fraction of sp³-hybridized carbons (Fsp3) is 0.217. The monoisotopic (exact) mass is 389 g/mol. The molecule has 4 nitrogen and oxygen atoms in total. The third kappa shape index (κ3) is 3.02. The van der Waals surface area contributed by atoms with E-state index in [0.29, 0.717) is 10.5 Å². The number of hydrogen-bond donors (Lipinski definition) is 2. The molecule has 0 amide bonds. The van der Waals surface area contributed by atoms with Crippen LogP contribution in [0, 0.1) is 11.7 Å². The first kappa shape index (κ1) is 18.4. The van der Waals surface area contributed by atoms with Crippen molar-refractivity contribution in [2.45, 2.75) is 33.1 Å². The molecule has 0 aliphatic heterocycles. The smallest absolute Gasteiger partial charge is 0.200 e. The summed E-state index contributed by atoms with van der Waals surface area (Å²) in [5.74, 6) is 1.05. The van der Waals surface area contributed by atoms with Crippen LogP contribution in [0.1, 0.15) is 31.9 Å². The molecule has 2 N–H and O–H groups in total. The molecule has 0 spiro atoms. The van der Waals surface area contributed by atoms with Crippen molar-refractivity contribution in [3.05, 3.63) is 70.5 Å². The molecule has 0 fully saturated rings. The van der Waals surface area contributed by atoms with Crippen molar-refractivity contribution < 1.29 is 5.11 Å². The fourth-order valence-electron chi connectivity index (χ4n) is 3.64. The molecule has 0 radical (unpaired) electrons. The van der Waals surface area contributed by atoms with Crippen LogP contribution in [0.5, 0.6) is 5.75 Å². The lowest BCUT2D eigenvalue weighted by atomic mass is 9.84. The van der Waals surface area contributed by atoms with Crippen LogP contribution in [0.2, 0.25) is 0 Å². The van der Waals surface area contributed by atoms with Gasteiger partial charge < -0.3 is 5.11 Å². The normalized spacial score (nSPS) is 11.9. The second kappa shape index (κ2) is 6.60. The summed E-state index contributed by atoms with van der Waals surface area (Å²) in [5, 5.41) is 20.2. The first-order chi connectivity index (χ1) is 13.3. The summed E-state index contributed by atoms with van der Waals surface area (Å²) < 4.78 is 2.51. The highest BCUT2D eigenvalue weighted by atomic mass is 32.1. The standard InChI is InChI=1S/C23H23N3OS/c1-14-12-20(27)18(23(2,3)4)13-17(14)21-24-25-22(28)26(21)19-11-7-9-15-8-5-6-10-16(15)19/h5-13,27H,1-4H3,(H,25,28). The van der Waals surface area contributed by atoms with Gasteiger partial charge in [0.05, 0.1) is 5.69 Å². The Bertz CT molecular complexity index is 1240. The van der Waals surface area contributed by atoms with Crippen LogP contribution < -0.4 is 0 Å². The number of nitrogens with one attached hydrogen (secondary N) is 1. The summed E-state index contributed by atoms with van der Waals surface area (Å²) in [6.07, 6.45) is 0. The minimum Gasteiger partial charge on any atom is -0.508 e. The van der Waals surface area contributed by atoms with Crippen LogP contribution in [-0.2, 0) is 5.41 Å². The Kier molecular flexibility index (Phi) is 4.35. The van der Waals surface area contributed by atoms with E-state index < -0.39 is 0 Å². The largest absolute Gasteiger partial charge is 0.508 e. The molecule has 0 atom stereocenters. The summed E-state index contributed by atoms with van der Waals surface area (Å²) in [6.45, 7) is 8.24. The van der Waals surface area contributed by atoms with E-state index in [4.69, 9.17) is 12.2 Å². The van der Waals surface area contributed by atoms with Gasteiger partial charge in [0, 0.05) is 10.9 Å². The van der Waals surface area contributed by atoms with Crippen molar-refractivity contribution in [3.8, 4) is 22.8 Å². The molecule has 0 saturated heterocycles. The highest BCUT2D eigenvalue weighted by Crippen LogP contribution is 2.37. The number of nitrogens with zero attached hydrogens (tertiary/aromatic N) is 2. The van der Waals surface area contributed by atoms with Gasteiger partial charge in [-0.3, -0.25) is 9.67 Å². The molecule has 1 heterocycles. The molecule has 1 aromatic heterocycles. The zero-order valence-corrected chi connectivity index (χ0v) is 17.3. The molecular formula is C23H23N3OS. The van der Waals surface area contributed by atoms with Crippen molar-refractivity contribution in [2.24, 2.45) is 0 Å². The Labute approximate surface area is 169 Å². The van der Waals surface area contributed by atoms with E-state index in [2.05, 4.69) is 55.2 Å². The lowest BCUT2D eigenvalue weighted by Crippen LogP contribution is -2.12. The number of H-pyrrole nitrogens is 1. The number of phenolic OH excluding ortho intramolecular Hbond substituents is 1. The van der Waals surface area contributed by atoms with Crippen LogP contribution in [0.25, 0.3) is 27.8 Å². The molecular weight excluding hydrogens is 366 g/mol. The molecule has 0 aliphatic carbocycles. The average Bonchev–Trinajstić information content (AvgIpc) is 3.01. The summed E-state index contributed by atoms with van der Waals surface area (Å²) >= 11 is 5.59. The summed E-state index contributed by atoms with van der Waals surface area (Å²) in [4.78, 5) is 0. The first-order valence-electron chi connectivity index (χ1n) is 9.27. The maximum absolute atomic E-state index is 10.5. The van der Waals surface area contributed by atoms with Gasteiger partial charge in [-0.25, -0.2) is 0 Å². The van der Waals surface area contributed by atoms with E-state index in [1.807, 2.05) is 35.8 Å². The number of hydrogen-bond acceptors (Lipinski definition) is 3. The van der Waals surface area contributed by atoms with Crippen molar-refractivity contribution >= 4 is 23.0 Å². The second-order valence-electron chi connectivity index (χ2n) is 8.12. The SMILES string of the molecule is Cc1cc(O)c(C(C)(C)C)cc1-c1n[nH]c(=S)n1-c1cccc2ccccc12. The Morgan fingerprint density at radius 2 is 1.75 bits per heavy atom. The maximum atomic E-state index is 10.5. The van der Waals surface area contributed by atoms with Crippen LogP contribution in [-0.4, -0.2) is 19.9 Å². The molecule has 28 heavy (non-hydrogen) atoms. The van der Waals surface area contributed by atoms with Gasteiger partial charge in [0.15, 0.2) is 10.6 Å². The van der Waals surface area contributed by atoms with E-state index in [1.54, 1.807) is 6.07 Å². The number of rotatable bonds is 2. The van der Waals surface area contributed by atoms with Gasteiger partial charge in [0.2, 0.25) is 0 Å². The van der Waals surface area contributed by atoms with Crippen molar-refractivity contribution in [1.82, 2.24) is 14.8 Å². The Hall–Kier alpha value is -2.92. The van der Waals surface area contributed by atoms with E-state index in [0.717, 1.165) is 39.0 Å². The molecule has 142 valence electrons. The minimum atomic E-state index is -0.191. The minimum absolute atomic E-state index is 0.191. The Morgan fingerprint density at radius 3 is 2.50 bits per heavy atom. The summed E-state index contributed by atoms with van der Waals surface area (Å²) in [5.41, 5.74) is 3.57. The molecule has 4 rings (SSSR count). The quantitative estimate of drug-likeness (QED) is 0.410. The van der Waals surface area contributed by atoms with Crippen LogP contribution in [0.15, 0.2) is 54.6 Å². The van der Waals surface area contributed by atoms with Gasteiger partial charge in [0.25, 0.3) is 0 Å². The van der Waals surface area contributed by atoms with Gasteiger partial charge in [-0.15, -0.1) is 0 Å². The molecule has 0 unspecified atom stereocenters. The zero-order valence-electron chi connectivity index (χ0n) is 16.4. The van der Waals surface area contributed by atoms with Crippen molar-refractivity contribution in [2.75, 3.05) is 0 Å². The lowest BCUT2D eigenvalue weighted by Gasteiger charge is -2.22. The van der Waals surface area contributed by atoms with Gasteiger partial charge in [-0.2, -0.15) is 5.10 Å². The number of benzene rings is 3. The van der Waals surface area contributed by atoms with Crippen LogP contribution in [0.4, 0.5) is 0 Å². The van der Waals surface area contributed by atoms with Crippen LogP contribution >= 0.6 is 12.2 Å². The number of aryl methyl sites for hydroxylation is 1. The number of aromatic amines is 1. The lowest BCUT2D eigenvalue weighted by molar-refractivity contribution is 0.446. The molecule has 0 bridgehead atoms. The maximum Gasteiger partial charge on any atom is 0.200 e. The highest BCUT2D eigenvalue weighted by Gasteiger charge is 2.22. The third-order valence-corrected chi connectivity index (χ3v) is 5.35. The predicted molar refractivity (Wildman–Crippen MR) is 117 cm³/mol. The fourth-order valence-corrected chi connectivity index (χ4v) is 3.87. The third-order valence-electron chi connectivity index (χ3n) is 5.07. The van der Waals surface area contributed by atoms with Crippen molar-refractivity contribution in [1.29, 1.82) is 0 Å². The highest BCUT2D eigenvalue weighted by molar-refractivity contribution is 7.71. The number of phenols is 1. The van der Waals surface area contributed by atoms with Gasteiger partial charge in [0.1, 0.15) is 5.75 Å². The van der Waals surface area contributed by atoms with E-state index >= 15 is 0 Å². The zero-order chi connectivity index (χ0) is 20.1. The molecule has 5 heteroatoms. The van der Waals surface area contributed by atoms with E-state index in [1.165, 1.54) is 0 Å². The van der Waals surface area contributed by atoms with Crippen molar-refractivity contribution in [3.63, 3.8) is 0 Å². The van der Waals surface area contributed by atoms with E-state index in [-0.39, 0.29) is 5.41 Å². The molecule has 3 aromatic carbocycles. The number of aromatic nitrogens is 3. The molecule has 4 aromatic rings. The molecule has 0 saturated carbocycles. The topological polar surface area (TPSA) is 53.8 Å². The average molecular weight is 390 g/mol.